The number of nitrogens with zero attached hydrogens (tertiary/aromatic N) is 5. The van der Waals surface area contributed by atoms with Crippen molar-refractivity contribution in [3.8, 4) is 0 Å². The monoisotopic (exact) mass is 359 g/mol. The first-order valence-corrected chi connectivity index (χ1v) is 8.88. The van der Waals surface area contributed by atoms with E-state index in [1.54, 1.807) is 4.90 Å². The van der Waals surface area contributed by atoms with Gasteiger partial charge in [-0.15, -0.1) is 0 Å². The van der Waals surface area contributed by atoms with E-state index in [4.69, 9.17) is 4.74 Å². The lowest BCUT2D eigenvalue weighted by molar-refractivity contribution is -0.135. The van der Waals surface area contributed by atoms with Crippen molar-refractivity contribution in [2.24, 2.45) is 5.92 Å². The van der Waals surface area contributed by atoms with E-state index in [0.717, 1.165) is 12.8 Å². The molecule has 2 bridgehead atoms. The molecule has 5 heterocycles. The number of hydrogen-bond donors (Lipinski definition) is 0. The summed E-state index contributed by atoms with van der Waals surface area (Å²) in [5.41, 5.74) is 0.325. The molecule has 2 unspecified atom stereocenters. The van der Waals surface area contributed by atoms with E-state index < -0.39 is 6.09 Å². The summed E-state index contributed by atoms with van der Waals surface area (Å²) < 4.78 is 4.89. The smallest absolute Gasteiger partial charge is 0.410 e. The molecule has 4 aliphatic rings. The molecule has 0 aliphatic carbocycles. The first-order chi connectivity index (χ1) is 12.6. The molecular weight excluding hydrogens is 338 g/mol. The molecule has 9 heteroatoms. The highest BCUT2D eigenvalue weighted by Crippen LogP contribution is 2.29. The van der Waals surface area contributed by atoms with Crippen LogP contribution >= 0.6 is 0 Å². The van der Waals surface area contributed by atoms with E-state index in [1.807, 2.05) is 4.90 Å². The third kappa shape index (κ3) is 3.21. The Morgan fingerprint density at radius 1 is 1.19 bits per heavy atom. The molecule has 2 atom stereocenters. The van der Waals surface area contributed by atoms with Crippen LogP contribution in [0.5, 0.6) is 0 Å². The minimum Gasteiger partial charge on any atom is -0.448 e. The lowest BCUT2D eigenvalue weighted by atomic mass is 9.95. The topological polar surface area (TPSA) is 95.9 Å². The third-order valence-corrected chi connectivity index (χ3v) is 5.27. The molecule has 1 aromatic heterocycles. The molecule has 138 valence electrons. The molecule has 0 aromatic carbocycles. The van der Waals surface area contributed by atoms with Gasteiger partial charge in [0.1, 0.15) is 18.8 Å². The van der Waals surface area contributed by atoms with Gasteiger partial charge in [0.15, 0.2) is 0 Å². The van der Waals surface area contributed by atoms with Crippen LogP contribution in [0.1, 0.15) is 23.3 Å². The molecule has 4 saturated heterocycles. The summed E-state index contributed by atoms with van der Waals surface area (Å²) in [6.07, 6.45) is 5.93. The zero-order valence-electron chi connectivity index (χ0n) is 14.4. The average Bonchev–Trinajstić information content (AvgIpc) is 2.87. The van der Waals surface area contributed by atoms with Crippen LogP contribution < -0.4 is 0 Å². The zero-order chi connectivity index (χ0) is 18.1. The van der Waals surface area contributed by atoms with Crippen LogP contribution in [0.15, 0.2) is 18.6 Å². The summed E-state index contributed by atoms with van der Waals surface area (Å²) in [6, 6.07) is -0.0273. The molecule has 0 spiro atoms. The third-order valence-electron chi connectivity index (χ3n) is 5.27. The standard InChI is InChI=1S/C17H21N5O4/c23-15(11-20-5-6-26-17(20)25)22-9-12-1-2-13(22)10-21(8-12)16(24)14-7-18-3-4-19-14/h3-4,7,12-13H,1-2,5-6,8-11H2. The van der Waals surface area contributed by atoms with E-state index in [0.29, 0.717) is 38.5 Å². The molecular formula is C17H21N5O4. The van der Waals surface area contributed by atoms with Crippen LogP contribution in [0.25, 0.3) is 0 Å². The second kappa shape index (κ2) is 6.89. The van der Waals surface area contributed by atoms with Gasteiger partial charge in [-0.3, -0.25) is 19.5 Å². The lowest BCUT2D eigenvalue weighted by Crippen LogP contribution is -2.51. The fraction of sp³-hybridized carbons (Fsp3) is 0.588. The molecule has 4 fully saturated rings. The van der Waals surface area contributed by atoms with E-state index in [1.165, 1.54) is 23.5 Å². The van der Waals surface area contributed by atoms with Crippen molar-refractivity contribution in [1.29, 1.82) is 0 Å². The molecule has 4 aliphatic heterocycles. The number of carbonyl (C=O) groups is 3. The number of fused-ring (bicyclic) bond motifs is 4. The minimum atomic E-state index is -0.433. The van der Waals surface area contributed by atoms with E-state index in [2.05, 4.69) is 9.97 Å². The molecule has 3 amide bonds. The van der Waals surface area contributed by atoms with E-state index in [9.17, 15) is 14.4 Å². The van der Waals surface area contributed by atoms with Gasteiger partial charge in [-0.2, -0.15) is 0 Å². The first kappa shape index (κ1) is 16.7. The largest absolute Gasteiger partial charge is 0.448 e. The normalized spacial score (nSPS) is 25.2. The second-order valence-corrected chi connectivity index (χ2v) is 6.98. The molecule has 5 rings (SSSR count). The summed E-state index contributed by atoms with van der Waals surface area (Å²) in [7, 11) is 0. The van der Waals surface area contributed by atoms with Crippen LogP contribution in [0, 0.1) is 5.92 Å². The quantitative estimate of drug-likeness (QED) is 0.753. The molecule has 9 nitrogen and oxygen atoms in total. The number of cyclic esters (lactones) is 1. The van der Waals surface area contributed by atoms with Gasteiger partial charge in [-0.25, -0.2) is 9.78 Å². The van der Waals surface area contributed by atoms with Crippen LogP contribution in [0.2, 0.25) is 0 Å². The summed E-state index contributed by atoms with van der Waals surface area (Å²) in [5, 5.41) is 0. The fourth-order valence-corrected chi connectivity index (χ4v) is 3.95. The van der Waals surface area contributed by atoms with Crippen LogP contribution in [-0.4, -0.2) is 87.9 Å². The van der Waals surface area contributed by atoms with Crippen LogP contribution in [0.4, 0.5) is 4.79 Å². The Kier molecular flexibility index (Phi) is 4.44. The Labute approximate surface area is 150 Å². The van der Waals surface area contributed by atoms with Gasteiger partial charge >= 0.3 is 6.09 Å². The van der Waals surface area contributed by atoms with Gasteiger partial charge in [0, 0.05) is 38.1 Å². The van der Waals surface area contributed by atoms with Crippen molar-refractivity contribution >= 4 is 17.9 Å². The fourth-order valence-electron chi connectivity index (χ4n) is 3.95. The zero-order valence-corrected chi connectivity index (χ0v) is 14.4. The van der Waals surface area contributed by atoms with E-state index in [-0.39, 0.29) is 30.3 Å². The minimum absolute atomic E-state index is 0.0273. The summed E-state index contributed by atoms with van der Waals surface area (Å²) in [5.74, 6) is 0.0172. The van der Waals surface area contributed by atoms with E-state index >= 15 is 0 Å². The number of piperidine rings is 1. The molecule has 1 aromatic rings. The molecule has 26 heavy (non-hydrogen) atoms. The maximum Gasteiger partial charge on any atom is 0.410 e. The van der Waals surface area contributed by atoms with Crippen molar-refractivity contribution < 1.29 is 19.1 Å². The van der Waals surface area contributed by atoms with Crippen molar-refractivity contribution in [2.75, 3.05) is 39.3 Å². The number of ether oxygens (including phenoxy) is 1. The van der Waals surface area contributed by atoms with Gasteiger partial charge in [0.2, 0.25) is 5.91 Å². The number of rotatable bonds is 3. The first-order valence-electron chi connectivity index (χ1n) is 8.88. The maximum atomic E-state index is 12.7. The van der Waals surface area contributed by atoms with Crippen molar-refractivity contribution in [3.63, 3.8) is 0 Å². The second-order valence-electron chi connectivity index (χ2n) is 6.98. The Balaban J connectivity index is 1.45. The molecule has 0 saturated carbocycles. The molecule has 0 N–H and O–H groups in total. The van der Waals surface area contributed by atoms with Gasteiger partial charge in [-0.1, -0.05) is 0 Å². The number of amides is 3. The van der Waals surface area contributed by atoms with Gasteiger partial charge in [0.05, 0.1) is 12.7 Å². The highest BCUT2D eigenvalue weighted by Gasteiger charge is 2.40. The van der Waals surface area contributed by atoms with Crippen LogP contribution in [0.3, 0.4) is 0 Å². The summed E-state index contributed by atoms with van der Waals surface area (Å²) >= 11 is 0. The predicted molar refractivity (Wildman–Crippen MR) is 89.1 cm³/mol. The average molecular weight is 359 g/mol. The Morgan fingerprint density at radius 2 is 2.08 bits per heavy atom. The predicted octanol–water partition coefficient (Wildman–Crippen LogP) is -0.00820. The van der Waals surface area contributed by atoms with Gasteiger partial charge in [0.25, 0.3) is 5.91 Å². The van der Waals surface area contributed by atoms with Gasteiger partial charge in [-0.05, 0) is 18.8 Å². The number of carbonyl (C=O) groups excluding carboxylic acids is 3. The SMILES string of the molecule is O=C1OCCN1CC(=O)N1CC2CCC1CN(C(=O)c1cnccn1)C2. The lowest BCUT2D eigenvalue weighted by Gasteiger charge is -2.36. The summed E-state index contributed by atoms with van der Waals surface area (Å²) in [6.45, 7) is 2.54. The van der Waals surface area contributed by atoms with Crippen molar-refractivity contribution in [3.05, 3.63) is 24.3 Å². The Morgan fingerprint density at radius 3 is 2.81 bits per heavy atom. The van der Waals surface area contributed by atoms with Crippen molar-refractivity contribution in [1.82, 2.24) is 24.7 Å². The van der Waals surface area contributed by atoms with Gasteiger partial charge < -0.3 is 14.5 Å². The van der Waals surface area contributed by atoms with Crippen molar-refractivity contribution in [2.45, 2.75) is 18.9 Å². The van der Waals surface area contributed by atoms with Crippen LogP contribution in [-0.2, 0) is 9.53 Å². The number of hydrogen-bond acceptors (Lipinski definition) is 6. The molecule has 0 radical (unpaired) electrons. The summed E-state index contributed by atoms with van der Waals surface area (Å²) in [4.78, 5) is 50.2. The highest BCUT2D eigenvalue weighted by atomic mass is 16.6. The Bertz CT molecular complexity index is 712. The number of aromatic nitrogens is 2. The Hall–Kier alpha value is -2.71. The highest BCUT2D eigenvalue weighted by molar-refractivity contribution is 5.92. The maximum absolute atomic E-state index is 12.7.